The monoisotopic (exact) mass is 539 g/mol. The second-order valence-corrected chi connectivity index (χ2v) is 10.4. The van der Waals surface area contributed by atoms with Gasteiger partial charge in [-0.2, -0.15) is 0 Å². The Balaban J connectivity index is 2.04. The third-order valence-corrected chi connectivity index (χ3v) is 8.19. The van der Waals surface area contributed by atoms with Crippen molar-refractivity contribution in [2.45, 2.75) is 43.9 Å². The van der Waals surface area contributed by atoms with E-state index in [4.69, 9.17) is 10.5 Å². The van der Waals surface area contributed by atoms with Crippen molar-refractivity contribution in [1.29, 1.82) is 0 Å². The molecule has 1 aromatic carbocycles. The molecule has 0 bridgehead atoms. The number of rotatable bonds is 5. The maximum absolute atomic E-state index is 14.1. The number of aliphatic imine (C=N–C) groups is 1. The van der Waals surface area contributed by atoms with E-state index in [1.165, 1.54) is 38.1 Å². The number of likely N-dealkylation sites (N-methyl/N-ethyl adjacent to an activating group) is 1. The first-order chi connectivity index (χ1) is 18.2. The molecule has 3 aliphatic rings. The summed E-state index contributed by atoms with van der Waals surface area (Å²) in [6.45, 7) is 6.50. The normalized spacial score (nSPS) is 33.5. The van der Waals surface area contributed by atoms with Crippen LogP contribution in [-0.2, 0) is 28.7 Å². The average molecular weight is 540 g/mol. The number of phenols is 1. The van der Waals surface area contributed by atoms with Gasteiger partial charge in [-0.15, -0.1) is 0 Å². The molecule has 39 heavy (non-hydrogen) atoms. The van der Waals surface area contributed by atoms with Gasteiger partial charge in [0.15, 0.2) is 40.4 Å². The molecule has 0 heterocycles. The van der Waals surface area contributed by atoms with E-state index in [0.717, 1.165) is 0 Å². The first-order valence-corrected chi connectivity index (χ1v) is 12.4. The largest absolute Gasteiger partial charge is 0.505 e. The summed E-state index contributed by atoms with van der Waals surface area (Å²) in [4.78, 5) is 85.0. The standard InChI is InChI=1S/C27H29N3O9/c1-6-13(31)39-23-14-10(3)11-8-9-12(29-7-2)20(32)15(11)21(33)16(14)24(35)27(38)18(23)19(30(4)5)22(34)17(25(27)36)26(28)37/h8-10,14,16-19,23,32,38H,2,6H2,1,3-5H3,(H2,28,37). The van der Waals surface area contributed by atoms with Crippen molar-refractivity contribution in [3.63, 3.8) is 0 Å². The molecule has 4 rings (SSSR count). The van der Waals surface area contributed by atoms with Gasteiger partial charge in [-0.25, -0.2) is 4.99 Å². The molecule has 2 saturated carbocycles. The summed E-state index contributed by atoms with van der Waals surface area (Å²) in [5.41, 5.74) is 2.32. The molecule has 206 valence electrons. The number of hydrogen-bond acceptors (Lipinski definition) is 11. The molecule has 3 aliphatic carbocycles. The fourth-order valence-corrected chi connectivity index (χ4v) is 6.51. The zero-order valence-corrected chi connectivity index (χ0v) is 21.8. The van der Waals surface area contributed by atoms with Crippen LogP contribution in [0.1, 0.15) is 42.1 Å². The van der Waals surface area contributed by atoms with Crippen LogP contribution in [-0.4, -0.2) is 87.8 Å². The Morgan fingerprint density at radius 1 is 1.21 bits per heavy atom. The minimum Gasteiger partial charge on any atom is -0.505 e. The summed E-state index contributed by atoms with van der Waals surface area (Å²) in [6.07, 6.45) is -1.59. The van der Waals surface area contributed by atoms with Crippen molar-refractivity contribution in [3.8, 4) is 5.75 Å². The van der Waals surface area contributed by atoms with Gasteiger partial charge < -0.3 is 20.7 Å². The van der Waals surface area contributed by atoms with Gasteiger partial charge in [0.2, 0.25) is 5.91 Å². The lowest BCUT2D eigenvalue weighted by atomic mass is 9.49. The van der Waals surface area contributed by atoms with Crippen LogP contribution in [0.5, 0.6) is 5.75 Å². The molecule has 0 aliphatic heterocycles. The number of aromatic hydroxyl groups is 1. The Hall–Kier alpha value is -3.99. The maximum atomic E-state index is 14.1. The number of amides is 1. The predicted octanol–water partition coefficient (Wildman–Crippen LogP) is -0.153. The number of benzene rings is 1. The number of aliphatic hydroxyl groups is 1. The number of nitrogens with two attached hydrogens (primary N) is 1. The summed E-state index contributed by atoms with van der Waals surface area (Å²) in [5, 5.41) is 22.8. The molecule has 0 spiro atoms. The molecule has 2 fully saturated rings. The van der Waals surface area contributed by atoms with Crippen LogP contribution in [0.4, 0.5) is 5.69 Å². The lowest BCUT2D eigenvalue weighted by Crippen LogP contribution is -2.78. The van der Waals surface area contributed by atoms with Crippen LogP contribution in [0.3, 0.4) is 0 Å². The first-order valence-electron chi connectivity index (χ1n) is 12.4. The lowest BCUT2D eigenvalue weighted by molar-refractivity contribution is -0.205. The number of fused-ring (bicyclic) bond motifs is 3. The first kappa shape index (κ1) is 28.0. The average Bonchev–Trinajstić information content (AvgIpc) is 2.86. The van der Waals surface area contributed by atoms with Crippen molar-refractivity contribution in [1.82, 2.24) is 4.90 Å². The van der Waals surface area contributed by atoms with E-state index < -0.39 is 88.1 Å². The van der Waals surface area contributed by atoms with Gasteiger partial charge in [0.1, 0.15) is 11.8 Å². The number of carbonyl (C=O) groups is 6. The molecule has 4 N–H and O–H groups in total. The summed E-state index contributed by atoms with van der Waals surface area (Å²) in [5.74, 6) is -12.4. The molecule has 12 nitrogen and oxygen atoms in total. The quantitative estimate of drug-likeness (QED) is 0.257. The van der Waals surface area contributed by atoms with Gasteiger partial charge in [-0.1, -0.05) is 19.9 Å². The maximum Gasteiger partial charge on any atom is 0.305 e. The SMILES string of the molecule is C=C=Nc1ccc2c(c1O)C(=O)C1C(=O)C3(O)C(=O)C(C(N)=O)C(=O)C(N(C)C)C3C(OC(=O)CC)C1C2C. The smallest absolute Gasteiger partial charge is 0.305 e. The zero-order valence-electron chi connectivity index (χ0n) is 21.8. The highest BCUT2D eigenvalue weighted by Gasteiger charge is 2.74. The number of Topliss-reactive ketones (excluding diaryl/α,β-unsaturated/α-hetero) is 4. The van der Waals surface area contributed by atoms with Crippen LogP contribution in [0.2, 0.25) is 0 Å². The van der Waals surface area contributed by atoms with E-state index in [0.29, 0.717) is 5.56 Å². The van der Waals surface area contributed by atoms with Gasteiger partial charge >= 0.3 is 5.97 Å². The van der Waals surface area contributed by atoms with E-state index in [9.17, 15) is 39.0 Å². The molecule has 8 unspecified atom stereocenters. The number of phenolic OH excluding ortho intramolecular Hbond substituents is 1. The van der Waals surface area contributed by atoms with Gasteiger partial charge in [-0.3, -0.25) is 33.7 Å². The van der Waals surface area contributed by atoms with Crippen LogP contribution in [0.25, 0.3) is 0 Å². The molecule has 0 saturated heterocycles. The molecular formula is C27H29N3O9. The van der Waals surface area contributed by atoms with Gasteiger partial charge in [-0.05, 0) is 44.1 Å². The number of primary amides is 1. The Labute approximate surface area is 223 Å². The van der Waals surface area contributed by atoms with Crippen LogP contribution >= 0.6 is 0 Å². The van der Waals surface area contributed by atoms with Crippen molar-refractivity contribution in [2.75, 3.05) is 14.1 Å². The molecule has 0 aromatic heterocycles. The number of ketones is 4. The number of esters is 1. The Kier molecular flexibility index (Phi) is 6.93. The molecule has 1 aromatic rings. The van der Waals surface area contributed by atoms with Crippen LogP contribution in [0.15, 0.2) is 23.7 Å². The van der Waals surface area contributed by atoms with E-state index in [-0.39, 0.29) is 17.7 Å². The number of ether oxygens (including phenoxy) is 1. The molecule has 1 amide bonds. The van der Waals surface area contributed by atoms with E-state index >= 15 is 0 Å². The van der Waals surface area contributed by atoms with Crippen LogP contribution in [0, 0.1) is 23.7 Å². The summed E-state index contributed by atoms with van der Waals surface area (Å²) in [7, 11) is 2.88. The fraction of sp³-hybridized carbons (Fsp3) is 0.481. The number of nitrogens with zero attached hydrogens (tertiary/aromatic N) is 2. The minimum absolute atomic E-state index is 0.0441. The Morgan fingerprint density at radius 2 is 1.85 bits per heavy atom. The highest BCUT2D eigenvalue weighted by Crippen LogP contribution is 2.56. The number of hydrogen-bond donors (Lipinski definition) is 3. The zero-order chi connectivity index (χ0) is 29.1. The second-order valence-electron chi connectivity index (χ2n) is 10.4. The summed E-state index contributed by atoms with van der Waals surface area (Å²) in [6, 6.07) is 1.52. The third kappa shape index (κ3) is 3.78. The molecular weight excluding hydrogens is 510 g/mol. The van der Waals surface area contributed by atoms with Gasteiger partial charge in [0.25, 0.3) is 0 Å². The van der Waals surface area contributed by atoms with Crippen molar-refractivity contribution >= 4 is 46.6 Å². The van der Waals surface area contributed by atoms with E-state index in [1.807, 2.05) is 0 Å². The second kappa shape index (κ2) is 9.64. The van der Waals surface area contributed by atoms with Gasteiger partial charge in [0.05, 0.1) is 23.4 Å². The summed E-state index contributed by atoms with van der Waals surface area (Å²) < 4.78 is 5.74. The summed E-state index contributed by atoms with van der Waals surface area (Å²) >= 11 is 0. The van der Waals surface area contributed by atoms with Gasteiger partial charge in [0, 0.05) is 12.3 Å². The van der Waals surface area contributed by atoms with Crippen molar-refractivity contribution in [2.24, 2.45) is 34.4 Å². The van der Waals surface area contributed by atoms with Crippen molar-refractivity contribution in [3.05, 3.63) is 29.8 Å². The highest BCUT2D eigenvalue weighted by molar-refractivity contribution is 6.32. The van der Waals surface area contributed by atoms with E-state index in [1.54, 1.807) is 6.92 Å². The Bertz CT molecular complexity index is 1380. The molecule has 8 atom stereocenters. The minimum atomic E-state index is -3.07. The van der Waals surface area contributed by atoms with Crippen LogP contribution < -0.4 is 5.73 Å². The van der Waals surface area contributed by atoms with E-state index in [2.05, 4.69) is 17.4 Å². The van der Waals surface area contributed by atoms with Crippen molar-refractivity contribution < 1.29 is 43.7 Å². The molecule has 12 heteroatoms. The Morgan fingerprint density at radius 3 is 2.38 bits per heavy atom. The topological polar surface area (TPSA) is 194 Å². The predicted molar refractivity (Wildman–Crippen MR) is 134 cm³/mol. The third-order valence-electron chi connectivity index (χ3n) is 8.19. The highest BCUT2D eigenvalue weighted by atomic mass is 16.5. The lowest BCUT2D eigenvalue weighted by Gasteiger charge is -2.56. The molecule has 0 radical (unpaired) electrons. The number of carbonyl (C=O) groups excluding carboxylic acids is 6. The fourth-order valence-electron chi connectivity index (χ4n) is 6.51.